The van der Waals surface area contributed by atoms with Gasteiger partial charge in [-0.05, 0) is 78.0 Å². The number of hydrogen-bond donors (Lipinski definition) is 2. The number of ether oxygens (including phenoxy) is 1. The van der Waals surface area contributed by atoms with Crippen molar-refractivity contribution >= 4 is 38.3 Å². The second kappa shape index (κ2) is 9.94. The number of piperidine rings is 1. The van der Waals surface area contributed by atoms with E-state index in [1.807, 2.05) is 36.4 Å². The highest BCUT2D eigenvalue weighted by Crippen LogP contribution is 2.36. The van der Waals surface area contributed by atoms with Crippen molar-refractivity contribution in [3.05, 3.63) is 52.0 Å². The molecular weight excluding hydrogens is 482 g/mol. The largest absolute Gasteiger partial charge is 0.496 e. The zero-order chi connectivity index (χ0) is 23.5. The molecule has 0 bridgehead atoms. The molecule has 3 aromatic rings. The molecular formula is C25H28BrN5O2. The number of nitrogens with zero attached hydrogens (tertiary/aromatic N) is 4. The lowest BCUT2D eigenvalue weighted by Gasteiger charge is -2.43. The summed E-state index contributed by atoms with van der Waals surface area (Å²) in [6.45, 7) is 4.80. The van der Waals surface area contributed by atoms with Crippen LogP contribution in [0.25, 0.3) is 10.8 Å². The van der Waals surface area contributed by atoms with Crippen molar-refractivity contribution in [1.82, 2.24) is 10.2 Å². The molecule has 1 saturated heterocycles. The van der Waals surface area contributed by atoms with Gasteiger partial charge in [0, 0.05) is 29.4 Å². The van der Waals surface area contributed by atoms with Gasteiger partial charge < -0.3 is 20.1 Å². The summed E-state index contributed by atoms with van der Waals surface area (Å²) in [5.74, 6) is 2.22. The van der Waals surface area contributed by atoms with Crippen molar-refractivity contribution in [2.24, 2.45) is 0 Å². The second-order valence-electron chi connectivity index (χ2n) is 8.51. The van der Waals surface area contributed by atoms with Gasteiger partial charge in [-0.15, -0.1) is 10.2 Å². The third-order valence-electron chi connectivity index (χ3n) is 6.31. The molecule has 1 aromatic heterocycles. The summed E-state index contributed by atoms with van der Waals surface area (Å²) in [6, 6.07) is 14.1. The molecule has 2 heterocycles. The molecule has 172 valence electrons. The number of aliphatic hydroxyl groups is 1. The molecule has 0 radical (unpaired) electrons. The molecule has 8 heteroatoms. The molecule has 1 aliphatic rings. The van der Waals surface area contributed by atoms with Crippen molar-refractivity contribution < 1.29 is 9.84 Å². The van der Waals surface area contributed by atoms with Crippen LogP contribution in [-0.2, 0) is 6.54 Å². The van der Waals surface area contributed by atoms with Crippen LogP contribution >= 0.6 is 15.9 Å². The van der Waals surface area contributed by atoms with E-state index in [0.717, 1.165) is 38.8 Å². The maximum atomic E-state index is 10.3. The molecule has 1 fully saturated rings. The Morgan fingerprint density at radius 2 is 2.03 bits per heavy atom. The monoisotopic (exact) mass is 509 g/mol. The van der Waals surface area contributed by atoms with Gasteiger partial charge in [-0.3, -0.25) is 0 Å². The number of nitrogens with one attached hydrogen (secondary N) is 1. The Balaban J connectivity index is 1.72. The molecule has 0 spiro atoms. The minimum Gasteiger partial charge on any atom is -0.496 e. The molecule has 2 aromatic carbocycles. The van der Waals surface area contributed by atoms with Crippen molar-refractivity contribution in [1.29, 1.82) is 5.26 Å². The normalized spacial score (nSPS) is 20.5. The van der Waals surface area contributed by atoms with E-state index in [1.54, 1.807) is 7.11 Å². The molecule has 7 nitrogen and oxygen atoms in total. The van der Waals surface area contributed by atoms with E-state index in [0.29, 0.717) is 30.8 Å². The van der Waals surface area contributed by atoms with Crippen LogP contribution in [0.3, 0.4) is 0 Å². The van der Waals surface area contributed by atoms with Gasteiger partial charge in [0.2, 0.25) is 0 Å². The summed E-state index contributed by atoms with van der Waals surface area (Å²) < 4.78 is 6.19. The van der Waals surface area contributed by atoms with E-state index in [2.05, 4.69) is 56.3 Å². The molecule has 3 atom stereocenters. The minimum atomic E-state index is -0.296. The number of methoxy groups -OCH3 is 1. The summed E-state index contributed by atoms with van der Waals surface area (Å²) in [7, 11) is 1.64. The van der Waals surface area contributed by atoms with Gasteiger partial charge >= 0.3 is 0 Å². The van der Waals surface area contributed by atoms with Gasteiger partial charge in [-0.1, -0.05) is 13.0 Å². The van der Waals surface area contributed by atoms with Crippen LogP contribution in [0.1, 0.15) is 44.2 Å². The van der Waals surface area contributed by atoms with Crippen LogP contribution in [0.2, 0.25) is 0 Å². The summed E-state index contributed by atoms with van der Waals surface area (Å²) in [5, 5.41) is 34.1. The third-order valence-corrected chi connectivity index (χ3v) is 6.93. The number of aliphatic hydroxyl groups excluding tert-OH is 1. The fourth-order valence-corrected chi connectivity index (χ4v) is 5.26. The highest BCUT2D eigenvalue weighted by Gasteiger charge is 2.33. The molecule has 33 heavy (non-hydrogen) atoms. The Kier molecular flexibility index (Phi) is 7.01. The van der Waals surface area contributed by atoms with Crippen LogP contribution in [0, 0.1) is 11.3 Å². The van der Waals surface area contributed by atoms with Crippen molar-refractivity contribution in [2.45, 2.75) is 57.8 Å². The van der Waals surface area contributed by atoms with Crippen LogP contribution in [0.4, 0.5) is 11.6 Å². The van der Waals surface area contributed by atoms with E-state index in [9.17, 15) is 10.4 Å². The molecule has 0 aliphatic carbocycles. The van der Waals surface area contributed by atoms with E-state index in [4.69, 9.17) is 4.74 Å². The van der Waals surface area contributed by atoms with Gasteiger partial charge in [0.05, 0.1) is 29.3 Å². The lowest BCUT2D eigenvalue weighted by atomic mass is 9.92. The van der Waals surface area contributed by atoms with Gasteiger partial charge in [0.1, 0.15) is 5.75 Å². The Bertz CT molecular complexity index is 1200. The third kappa shape index (κ3) is 4.75. The average molecular weight is 510 g/mol. The number of rotatable bonds is 6. The summed E-state index contributed by atoms with van der Waals surface area (Å²) in [4.78, 5) is 2.29. The first-order valence-electron chi connectivity index (χ1n) is 11.2. The Labute approximate surface area is 202 Å². The number of hydrogen-bond acceptors (Lipinski definition) is 7. The number of aromatic nitrogens is 2. The fourth-order valence-electron chi connectivity index (χ4n) is 4.67. The van der Waals surface area contributed by atoms with E-state index in [1.165, 1.54) is 0 Å². The lowest BCUT2D eigenvalue weighted by Crippen LogP contribution is -2.50. The Morgan fingerprint density at radius 1 is 1.21 bits per heavy atom. The number of halogens is 1. The van der Waals surface area contributed by atoms with E-state index < -0.39 is 0 Å². The standard InChI is InChI=1S/C25H28BrN5O2/c1-4-18-12-19(32)9-15(2)31(18)25-20-7-5-16(13-27)10-21(20)24(29-30-25)28-14-17-6-8-23(33-3)22(26)11-17/h5-8,10-11,15,18-19,32H,4,9,12,14H2,1-3H3,(H,28,29). The SMILES string of the molecule is CCC1CC(O)CC(C)N1c1nnc(NCc2ccc(OC)c(Br)c2)c2cc(C#N)ccc12. The van der Waals surface area contributed by atoms with Crippen LogP contribution < -0.4 is 15.0 Å². The van der Waals surface area contributed by atoms with Crippen molar-refractivity contribution in [2.75, 3.05) is 17.3 Å². The molecule has 4 rings (SSSR count). The van der Waals surface area contributed by atoms with Crippen LogP contribution in [0.5, 0.6) is 5.75 Å². The zero-order valence-corrected chi connectivity index (χ0v) is 20.6. The number of fused-ring (bicyclic) bond motifs is 1. The van der Waals surface area contributed by atoms with Gasteiger partial charge in [-0.2, -0.15) is 5.26 Å². The Hall–Kier alpha value is -2.89. The minimum absolute atomic E-state index is 0.141. The Morgan fingerprint density at radius 3 is 2.73 bits per heavy atom. The van der Waals surface area contributed by atoms with Gasteiger partial charge in [0.25, 0.3) is 0 Å². The summed E-state index contributed by atoms with van der Waals surface area (Å²) >= 11 is 3.53. The molecule has 3 unspecified atom stereocenters. The second-order valence-corrected chi connectivity index (χ2v) is 9.36. The van der Waals surface area contributed by atoms with Crippen LogP contribution in [0.15, 0.2) is 40.9 Å². The quantitative estimate of drug-likeness (QED) is 0.481. The predicted molar refractivity (Wildman–Crippen MR) is 134 cm³/mol. The zero-order valence-electron chi connectivity index (χ0n) is 19.0. The van der Waals surface area contributed by atoms with Crippen molar-refractivity contribution in [3.8, 4) is 11.8 Å². The first-order valence-corrected chi connectivity index (χ1v) is 12.0. The highest BCUT2D eigenvalue weighted by atomic mass is 79.9. The van der Waals surface area contributed by atoms with E-state index in [-0.39, 0.29) is 18.2 Å². The predicted octanol–water partition coefficient (Wildman–Crippen LogP) is 5.01. The molecule has 0 amide bonds. The number of anilines is 2. The average Bonchev–Trinajstić information content (AvgIpc) is 2.82. The summed E-state index contributed by atoms with van der Waals surface area (Å²) in [5.41, 5.74) is 1.63. The van der Waals surface area contributed by atoms with Gasteiger partial charge in [-0.25, -0.2) is 0 Å². The molecule has 1 aliphatic heterocycles. The highest BCUT2D eigenvalue weighted by molar-refractivity contribution is 9.10. The molecule has 2 N–H and O–H groups in total. The maximum absolute atomic E-state index is 10.3. The molecule has 0 saturated carbocycles. The van der Waals surface area contributed by atoms with Gasteiger partial charge in [0.15, 0.2) is 11.6 Å². The van der Waals surface area contributed by atoms with Crippen molar-refractivity contribution in [3.63, 3.8) is 0 Å². The first-order chi connectivity index (χ1) is 15.9. The number of benzene rings is 2. The first kappa shape index (κ1) is 23.3. The maximum Gasteiger partial charge on any atom is 0.159 e. The van der Waals surface area contributed by atoms with E-state index >= 15 is 0 Å². The van der Waals surface area contributed by atoms with Crippen LogP contribution in [-0.4, -0.2) is 40.6 Å². The topological polar surface area (TPSA) is 94.3 Å². The smallest absolute Gasteiger partial charge is 0.159 e. The lowest BCUT2D eigenvalue weighted by molar-refractivity contribution is 0.111. The summed E-state index contributed by atoms with van der Waals surface area (Å²) in [6.07, 6.45) is 2.03. The fraction of sp³-hybridized carbons (Fsp3) is 0.400. The number of nitriles is 1.